The summed E-state index contributed by atoms with van der Waals surface area (Å²) < 4.78 is 5.75. The molecule has 0 radical (unpaired) electrons. The number of nitrogens with one attached hydrogen (secondary N) is 2. The van der Waals surface area contributed by atoms with Gasteiger partial charge in [0.05, 0.1) is 0 Å². The molecule has 0 bridgehead atoms. The van der Waals surface area contributed by atoms with Crippen molar-refractivity contribution in [3.8, 4) is 5.75 Å². The molecule has 0 saturated carbocycles. The van der Waals surface area contributed by atoms with Crippen LogP contribution in [0.25, 0.3) is 0 Å². The van der Waals surface area contributed by atoms with Gasteiger partial charge in [0.25, 0.3) is 11.8 Å². The number of benzene rings is 3. The Hall–Kier alpha value is -3.60. The second-order valence-electron chi connectivity index (χ2n) is 7.29. The fourth-order valence-electron chi connectivity index (χ4n) is 2.97. The second-order valence-corrected chi connectivity index (χ2v) is 7.29. The summed E-state index contributed by atoms with van der Waals surface area (Å²) in [6, 6.07) is 20.1. The van der Waals surface area contributed by atoms with E-state index < -0.39 is 6.10 Å². The van der Waals surface area contributed by atoms with Crippen molar-refractivity contribution < 1.29 is 14.3 Å². The van der Waals surface area contributed by atoms with E-state index in [4.69, 9.17) is 4.74 Å². The number of aryl methyl sites for hydroxylation is 2. The Morgan fingerprint density at radius 2 is 1.40 bits per heavy atom. The number of amides is 2. The zero-order chi connectivity index (χ0) is 21.7. The maximum atomic E-state index is 12.5. The molecular weight excluding hydrogens is 376 g/mol. The summed E-state index contributed by atoms with van der Waals surface area (Å²) in [5, 5.41) is 5.80. The van der Waals surface area contributed by atoms with E-state index in [0.717, 1.165) is 28.1 Å². The fraction of sp³-hybridized carbons (Fsp3) is 0.200. The van der Waals surface area contributed by atoms with Crippen molar-refractivity contribution in [3.63, 3.8) is 0 Å². The molecule has 5 heteroatoms. The fourth-order valence-corrected chi connectivity index (χ4v) is 2.97. The third kappa shape index (κ3) is 5.06. The summed E-state index contributed by atoms with van der Waals surface area (Å²) in [6.07, 6.45) is -0.684. The topological polar surface area (TPSA) is 67.4 Å². The van der Waals surface area contributed by atoms with Crippen molar-refractivity contribution in [2.75, 3.05) is 10.6 Å². The van der Waals surface area contributed by atoms with Crippen LogP contribution in [-0.2, 0) is 4.79 Å². The predicted octanol–water partition coefficient (Wildman–Crippen LogP) is 5.27. The average Bonchev–Trinajstić information content (AvgIpc) is 2.73. The Kier molecular flexibility index (Phi) is 6.52. The molecule has 1 unspecified atom stereocenters. The van der Waals surface area contributed by atoms with Crippen molar-refractivity contribution in [2.24, 2.45) is 0 Å². The summed E-state index contributed by atoms with van der Waals surface area (Å²) in [5.41, 5.74) is 5.20. The highest BCUT2D eigenvalue weighted by atomic mass is 16.5. The number of anilines is 2. The first-order valence-electron chi connectivity index (χ1n) is 9.86. The number of ether oxygens (including phenoxy) is 1. The highest BCUT2D eigenvalue weighted by Gasteiger charge is 2.16. The molecule has 3 aromatic carbocycles. The van der Waals surface area contributed by atoms with E-state index in [9.17, 15) is 9.59 Å². The van der Waals surface area contributed by atoms with Crippen LogP contribution in [0.1, 0.15) is 34.0 Å². The lowest BCUT2D eigenvalue weighted by atomic mass is 10.1. The van der Waals surface area contributed by atoms with Crippen LogP contribution in [0.3, 0.4) is 0 Å². The van der Waals surface area contributed by atoms with Crippen LogP contribution in [0.4, 0.5) is 11.4 Å². The van der Waals surface area contributed by atoms with Gasteiger partial charge in [-0.25, -0.2) is 0 Å². The molecule has 0 aliphatic heterocycles. The third-order valence-corrected chi connectivity index (χ3v) is 5.05. The van der Waals surface area contributed by atoms with Gasteiger partial charge in [-0.2, -0.15) is 0 Å². The Balaban J connectivity index is 1.60. The van der Waals surface area contributed by atoms with Gasteiger partial charge >= 0.3 is 0 Å². The summed E-state index contributed by atoms with van der Waals surface area (Å²) >= 11 is 0. The van der Waals surface area contributed by atoms with Gasteiger partial charge in [-0.15, -0.1) is 0 Å². The largest absolute Gasteiger partial charge is 0.481 e. The van der Waals surface area contributed by atoms with Crippen molar-refractivity contribution in [3.05, 3.63) is 89.0 Å². The lowest BCUT2D eigenvalue weighted by Gasteiger charge is -2.16. The number of hydrogen-bond donors (Lipinski definition) is 2. The van der Waals surface area contributed by atoms with E-state index in [-0.39, 0.29) is 11.8 Å². The molecule has 0 aromatic heterocycles. The van der Waals surface area contributed by atoms with Gasteiger partial charge in [0, 0.05) is 16.9 Å². The van der Waals surface area contributed by atoms with Crippen LogP contribution < -0.4 is 15.4 Å². The average molecular weight is 402 g/mol. The Bertz CT molecular complexity index is 1060. The molecule has 0 fully saturated rings. The van der Waals surface area contributed by atoms with Crippen LogP contribution in [0.2, 0.25) is 0 Å². The van der Waals surface area contributed by atoms with E-state index in [1.165, 1.54) is 0 Å². The van der Waals surface area contributed by atoms with E-state index in [0.29, 0.717) is 11.3 Å². The normalized spacial score (nSPS) is 11.5. The minimum absolute atomic E-state index is 0.198. The smallest absolute Gasteiger partial charge is 0.265 e. The van der Waals surface area contributed by atoms with Gasteiger partial charge in [-0.05, 0) is 80.8 Å². The Morgan fingerprint density at radius 3 is 2.10 bits per heavy atom. The highest BCUT2D eigenvalue weighted by Crippen LogP contribution is 2.20. The van der Waals surface area contributed by atoms with Gasteiger partial charge < -0.3 is 15.4 Å². The van der Waals surface area contributed by atoms with Crippen LogP contribution in [-0.4, -0.2) is 17.9 Å². The van der Waals surface area contributed by atoms with Crippen molar-refractivity contribution in [2.45, 2.75) is 33.8 Å². The van der Waals surface area contributed by atoms with E-state index in [2.05, 4.69) is 10.6 Å². The molecule has 2 amide bonds. The Morgan fingerprint density at radius 1 is 0.767 bits per heavy atom. The molecule has 3 rings (SSSR count). The number of carbonyl (C=O) groups is 2. The first kappa shape index (κ1) is 21.1. The van der Waals surface area contributed by atoms with Gasteiger partial charge in [0.15, 0.2) is 6.10 Å². The Labute approximate surface area is 177 Å². The maximum Gasteiger partial charge on any atom is 0.265 e. The van der Waals surface area contributed by atoms with Gasteiger partial charge in [0.2, 0.25) is 0 Å². The molecule has 0 aliphatic rings. The number of hydrogen-bond acceptors (Lipinski definition) is 3. The summed E-state index contributed by atoms with van der Waals surface area (Å²) in [7, 11) is 0. The minimum Gasteiger partial charge on any atom is -0.481 e. The molecule has 0 spiro atoms. The number of rotatable bonds is 6. The van der Waals surface area contributed by atoms with Crippen LogP contribution in [0.5, 0.6) is 5.75 Å². The van der Waals surface area contributed by atoms with Crippen LogP contribution >= 0.6 is 0 Å². The predicted molar refractivity (Wildman–Crippen MR) is 120 cm³/mol. The van der Waals surface area contributed by atoms with Crippen molar-refractivity contribution in [1.82, 2.24) is 0 Å². The maximum absolute atomic E-state index is 12.5. The van der Waals surface area contributed by atoms with Crippen molar-refractivity contribution in [1.29, 1.82) is 0 Å². The van der Waals surface area contributed by atoms with E-state index in [1.807, 2.05) is 63.2 Å². The monoisotopic (exact) mass is 402 g/mol. The van der Waals surface area contributed by atoms with E-state index >= 15 is 0 Å². The summed E-state index contributed by atoms with van der Waals surface area (Å²) in [6.45, 7) is 7.61. The molecular formula is C25H26N2O3. The lowest BCUT2D eigenvalue weighted by molar-refractivity contribution is -0.122. The van der Waals surface area contributed by atoms with Gasteiger partial charge in [-0.3, -0.25) is 9.59 Å². The number of para-hydroxylation sites is 1. The zero-order valence-electron chi connectivity index (χ0n) is 17.7. The molecule has 0 saturated heterocycles. The summed E-state index contributed by atoms with van der Waals surface area (Å²) in [5.74, 6) is 0.0905. The van der Waals surface area contributed by atoms with Crippen LogP contribution in [0.15, 0.2) is 66.7 Å². The molecule has 30 heavy (non-hydrogen) atoms. The minimum atomic E-state index is -0.684. The van der Waals surface area contributed by atoms with Crippen molar-refractivity contribution >= 4 is 23.2 Å². The molecule has 2 N–H and O–H groups in total. The molecule has 5 nitrogen and oxygen atoms in total. The first-order valence-corrected chi connectivity index (χ1v) is 9.86. The molecule has 1 atom stereocenters. The molecule has 154 valence electrons. The van der Waals surface area contributed by atoms with Gasteiger partial charge in [-0.1, -0.05) is 30.3 Å². The molecule has 0 heterocycles. The zero-order valence-corrected chi connectivity index (χ0v) is 17.7. The summed E-state index contributed by atoms with van der Waals surface area (Å²) in [4.78, 5) is 24.9. The first-order chi connectivity index (χ1) is 14.3. The second kappa shape index (κ2) is 9.27. The lowest BCUT2D eigenvalue weighted by Crippen LogP contribution is -2.30. The van der Waals surface area contributed by atoms with Gasteiger partial charge in [0.1, 0.15) is 5.75 Å². The molecule has 3 aromatic rings. The standard InChI is InChI=1S/C25H26N2O3/c1-16-9-7-11-23(18(16)3)27-24(28)19(4)30-21-14-12-20(13-15-21)25(29)26-22-10-6-5-8-17(22)2/h5-15,19H,1-4H3,(H,26,29)(H,27,28). The quantitative estimate of drug-likeness (QED) is 0.590. The van der Waals surface area contributed by atoms with Crippen LogP contribution in [0, 0.1) is 20.8 Å². The van der Waals surface area contributed by atoms with E-state index in [1.54, 1.807) is 31.2 Å². The number of carbonyl (C=O) groups excluding carboxylic acids is 2. The molecule has 0 aliphatic carbocycles. The highest BCUT2D eigenvalue weighted by molar-refractivity contribution is 6.04. The third-order valence-electron chi connectivity index (χ3n) is 5.05. The SMILES string of the molecule is Cc1ccccc1NC(=O)c1ccc(OC(C)C(=O)Nc2cccc(C)c2C)cc1.